The smallest absolute Gasteiger partial charge is 0.248 e. The van der Waals surface area contributed by atoms with E-state index in [1.807, 2.05) is 32.0 Å². The maximum Gasteiger partial charge on any atom is 0.248 e. The summed E-state index contributed by atoms with van der Waals surface area (Å²) in [5, 5.41) is 2.80. The Hall–Kier alpha value is -2.67. The van der Waals surface area contributed by atoms with Crippen LogP contribution >= 0.6 is 15.9 Å². The van der Waals surface area contributed by atoms with Gasteiger partial charge in [0.1, 0.15) is 11.5 Å². The molecule has 28 heavy (non-hydrogen) atoms. The van der Waals surface area contributed by atoms with Gasteiger partial charge in [0.2, 0.25) is 5.91 Å². The molecule has 0 heterocycles. The first-order valence-electron chi connectivity index (χ1n) is 8.82. The molecule has 7 heteroatoms. The fraction of sp³-hybridized carbons (Fsp3) is 0.286. The number of halogens is 1. The largest absolute Gasteiger partial charge is 0.495 e. The van der Waals surface area contributed by atoms with E-state index >= 15 is 0 Å². The Morgan fingerprint density at radius 1 is 0.964 bits per heavy atom. The Bertz CT molecular complexity index is 851. The summed E-state index contributed by atoms with van der Waals surface area (Å²) in [6, 6.07) is 8.95. The third-order valence-corrected chi connectivity index (χ3v) is 4.35. The summed E-state index contributed by atoms with van der Waals surface area (Å²) in [5.74, 6) is 2.14. The zero-order valence-electron chi connectivity index (χ0n) is 16.4. The van der Waals surface area contributed by atoms with Crippen LogP contribution in [0, 0.1) is 0 Å². The number of ether oxygens (including phenoxy) is 4. The van der Waals surface area contributed by atoms with Crippen LogP contribution < -0.4 is 24.3 Å². The van der Waals surface area contributed by atoms with Crippen molar-refractivity contribution >= 4 is 33.6 Å². The molecule has 0 unspecified atom stereocenters. The molecule has 2 rings (SSSR count). The van der Waals surface area contributed by atoms with Gasteiger partial charge in [-0.25, -0.2) is 0 Å². The van der Waals surface area contributed by atoms with Crippen LogP contribution in [0.15, 0.2) is 40.9 Å². The third kappa shape index (κ3) is 5.66. The molecule has 2 aromatic rings. The fourth-order valence-corrected chi connectivity index (χ4v) is 2.96. The number of hydrogen-bond donors (Lipinski definition) is 1. The minimum atomic E-state index is -0.297. The number of anilines is 1. The zero-order chi connectivity index (χ0) is 20.5. The number of nitrogens with one attached hydrogen (secondary N) is 1. The van der Waals surface area contributed by atoms with Crippen LogP contribution in [0.3, 0.4) is 0 Å². The summed E-state index contributed by atoms with van der Waals surface area (Å²) in [4.78, 5) is 12.4. The van der Waals surface area contributed by atoms with Gasteiger partial charge in [0.05, 0.1) is 37.6 Å². The van der Waals surface area contributed by atoms with E-state index in [0.717, 1.165) is 10.0 Å². The summed E-state index contributed by atoms with van der Waals surface area (Å²) < 4.78 is 22.5. The van der Waals surface area contributed by atoms with Crippen molar-refractivity contribution in [3.05, 3.63) is 46.4 Å². The average Bonchev–Trinajstić information content (AvgIpc) is 2.69. The minimum absolute atomic E-state index is 0.297. The maximum atomic E-state index is 12.4. The lowest BCUT2D eigenvalue weighted by Crippen LogP contribution is -2.09. The molecule has 0 radical (unpaired) electrons. The van der Waals surface area contributed by atoms with Crippen molar-refractivity contribution in [1.82, 2.24) is 0 Å². The molecule has 0 aliphatic rings. The van der Waals surface area contributed by atoms with Crippen molar-refractivity contribution in [2.45, 2.75) is 13.8 Å². The Balaban J connectivity index is 2.17. The van der Waals surface area contributed by atoms with Crippen molar-refractivity contribution < 1.29 is 23.7 Å². The van der Waals surface area contributed by atoms with Gasteiger partial charge in [-0.15, -0.1) is 0 Å². The lowest BCUT2D eigenvalue weighted by atomic mass is 10.2. The molecule has 2 aromatic carbocycles. The van der Waals surface area contributed by atoms with Gasteiger partial charge in [-0.3, -0.25) is 4.79 Å². The number of amides is 1. The number of carbonyl (C=O) groups excluding carboxylic acids is 1. The number of rotatable bonds is 9. The molecule has 0 saturated carbocycles. The molecule has 0 atom stereocenters. The van der Waals surface area contributed by atoms with Crippen LogP contribution in [0.25, 0.3) is 6.08 Å². The highest BCUT2D eigenvalue weighted by Gasteiger charge is 2.11. The van der Waals surface area contributed by atoms with Gasteiger partial charge in [-0.2, -0.15) is 0 Å². The van der Waals surface area contributed by atoms with E-state index in [2.05, 4.69) is 21.2 Å². The summed E-state index contributed by atoms with van der Waals surface area (Å²) in [7, 11) is 3.09. The molecular formula is C21H24BrNO5. The molecule has 0 saturated heterocycles. The number of methoxy groups -OCH3 is 2. The topological polar surface area (TPSA) is 66.0 Å². The molecule has 1 amide bonds. The van der Waals surface area contributed by atoms with Crippen molar-refractivity contribution in [3.8, 4) is 23.0 Å². The second-order valence-electron chi connectivity index (χ2n) is 5.58. The van der Waals surface area contributed by atoms with Crippen molar-refractivity contribution in [1.29, 1.82) is 0 Å². The minimum Gasteiger partial charge on any atom is -0.495 e. The molecule has 6 nitrogen and oxygen atoms in total. The van der Waals surface area contributed by atoms with Crippen molar-refractivity contribution in [2.75, 3.05) is 32.8 Å². The Kier molecular flexibility index (Phi) is 8.19. The molecule has 0 aromatic heterocycles. The van der Waals surface area contributed by atoms with Crippen LogP contribution in [0.2, 0.25) is 0 Å². The SMILES string of the molecule is CCOc1ccc(/C=C/C(=O)Nc2cc(OC)c(Br)cc2OC)cc1OCC. The fourth-order valence-electron chi connectivity index (χ4n) is 2.48. The van der Waals surface area contributed by atoms with Crippen LogP contribution in [0.1, 0.15) is 19.4 Å². The molecular weight excluding hydrogens is 426 g/mol. The third-order valence-electron chi connectivity index (χ3n) is 3.73. The Morgan fingerprint density at radius 3 is 2.29 bits per heavy atom. The van der Waals surface area contributed by atoms with Gasteiger partial charge in [0.25, 0.3) is 0 Å². The number of benzene rings is 2. The Morgan fingerprint density at radius 2 is 1.64 bits per heavy atom. The van der Waals surface area contributed by atoms with E-state index in [1.165, 1.54) is 13.2 Å². The quantitative estimate of drug-likeness (QED) is 0.550. The second kappa shape index (κ2) is 10.6. The summed E-state index contributed by atoms with van der Waals surface area (Å²) in [6.45, 7) is 4.90. The molecule has 0 bridgehead atoms. The number of hydrogen-bond acceptors (Lipinski definition) is 5. The molecule has 1 N–H and O–H groups in total. The first-order chi connectivity index (χ1) is 13.5. The standard InChI is InChI=1S/C21H24BrNO5/c1-5-27-17-9-7-14(11-20(17)28-6-2)8-10-21(24)23-16-13-18(25-3)15(22)12-19(16)26-4/h7-13H,5-6H2,1-4H3,(H,23,24)/b10-8+. The summed E-state index contributed by atoms with van der Waals surface area (Å²) in [6.07, 6.45) is 3.15. The zero-order valence-corrected chi connectivity index (χ0v) is 18.0. The van der Waals surface area contributed by atoms with Gasteiger partial charge in [0, 0.05) is 18.2 Å². The van der Waals surface area contributed by atoms with Crippen LogP contribution in [-0.2, 0) is 4.79 Å². The monoisotopic (exact) mass is 449 g/mol. The predicted octanol–water partition coefficient (Wildman–Crippen LogP) is 4.92. The summed E-state index contributed by atoms with van der Waals surface area (Å²) >= 11 is 3.39. The molecule has 0 spiro atoms. The highest BCUT2D eigenvalue weighted by atomic mass is 79.9. The normalized spacial score (nSPS) is 10.6. The molecule has 0 aliphatic heterocycles. The first kappa shape index (κ1) is 21.6. The highest BCUT2D eigenvalue weighted by molar-refractivity contribution is 9.10. The van der Waals surface area contributed by atoms with E-state index in [9.17, 15) is 4.79 Å². The summed E-state index contributed by atoms with van der Waals surface area (Å²) in [5.41, 5.74) is 1.33. The van der Waals surface area contributed by atoms with Gasteiger partial charge >= 0.3 is 0 Å². The van der Waals surface area contributed by atoms with Gasteiger partial charge in [-0.1, -0.05) is 6.07 Å². The number of carbonyl (C=O) groups is 1. The average molecular weight is 450 g/mol. The Labute approximate surface area is 173 Å². The van der Waals surface area contributed by atoms with E-state index in [1.54, 1.807) is 25.3 Å². The second-order valence-corrected chi connectivity index (χ2v) is 6.44. The lowest BCUT2D eigenvalue weighted by molar-refractivity contribution is -0.111. The van der Waals surface area contributed by atoms with Crippen molar-refractivity contribution in [3.63, 3.8) is 0 Å². The first-order valence-corrected chi connectivity index (χ1v) is 9.61. The van der Waals surface area contributed by atoms with Crippen molar-refractivity contribution in [2.24, 2.45) is 0 Å². The van der Waals surface area contributed by atoms with Crippen LogP contribution in [0.4, 0.5) is 5.69 Å². The van der Waals surface area contributed by atoms with Crippen LogP contribution in [0.5, 0.6) is 23.0 Å². The lowest BCUT2D eigenvalue weighted by Gasteiger charge is -2.12. The van der Waals surface area contributed by atoms with Crippen LogP contribution in [-0.4, -0.2) is 33.3 Å². The van der Waals surface area contributed by atoms with Gasteiger partial charge < -0.3 is 24.3 Å². The van der Waals surface area contributed by atoms with E-state index in [-0.39, 0.29) is 5.91 Å². The van der Waals surface area contributed by atoms with E-state index in [4.69, 9.17) is 18.9 Å². The molecule has 150 valence electrons. The van der Waals surface area contributed by atoms with Gasteiger partial charge in [0.15, 0.2) is 11.5 Å². The maximum absolute atomic E-state index is 12.4. The highest BCUT2D eigenvalue weighted by Crippen LogP contribution is 2.36. The molecule has 0 fully saturated rings. The van der Waals surface area contributed by atoms with E-state index in [0.29, 0.717) is 41.9 Å². The van der Waals surface area contributed by atoms with Gasteiger partial charge in [-0.05, 0) is 53.5 Å². The molecule has 0 aliphatic carbocycles. The predicted molar refractivity (Wildman–Crippen MR) is 114 cm³/mol. The van der Waals surface area contributed by atoms with E-state index < -0.39 is 0 Å².